The lowest BCUT2D eigenvalue weighted by Crippen LogP contribution is -2.67. The first kappa shape index (κ1) is 41.5. The van der Waals surface area contributed by atoms with Crippen LogP contribution in [-0.4, -0.2) is 90.7 Å². The zero-order valence-corrected chi connectivity index (χ0v) is 34.1. The molecule has 4 atom stereocenters. The Labute approximate surface area is 324 Å². The summed E-state index contributed by atoms with van der Waals surface area (Å²) in [6, 6.07) is 20.8. The monoisotopic (exact) mass is 797 g/mol. The van der Waals surface area contributed by atoms with Crippen LogP contribution in [0.5, 0.6) is 0 Å². The molecule has 1 aliphatic rings. The number of hydrogen-bond donors (Lipinski definition) is 0. The molecule has 0 amide bonds. The van der Waals surface area contributed by atoms with Gasteiger partial charge in [-0.3, -0.25) is 4.79 Å². The van der Waals surface area contributed by atoms with Gasteiger partial charge >= 0.3 is 6.18 Å². The maximum absolute atomic E-state index is 12.9. The fraction of sp³-hybridized carbons (Fsp3) is 0.436. The van der Waals surface area contributed by atoms with Crippen LogP contribution in [-0.2, 0) is 18.7 Å². The van der Waals surface area contributed by atoms with E-state index in [1.807, 2.05) is 44.0 Å². The molecule has 4 aromatic rings. The number of Topliss-reactive ketones (excluding diaryl/α,β-unsaturated/α-hetero) is 1. The number of halogens is 3. The van der Waals surface area contributed by atoms with Gasteiger partial charge in [0.25, 0.3) is 8.32 Å². The van der Waals surface area contributed by atoms with E-state index >= 15 is 0 Å². The fourth-order valence-electron chi connectivity index (χ4n) is 6.66. The lowest BCUT2D eigenvalue weighted by Gasteiger charge is -2.43. The predicted octanol–water partition coefficient (Wildman–Crippen LogP) is 7.52. The molecule has 2 aromatic carbocycles. The molecular formula is C39H46F3N5O4S2Si. The molecular weight excluding hydrogens is 752 g/mol. The van der Waals surface area contributed by atoms with Crippen molar-refractivity contribution in [1.82, 2.24) is 19.4 Å². The molecule has 15 heteroatoms. The maximum Gasteiger partial charge on any atom is 0.450 e. The Hall–Kier alpha value is -3.65. The summed E-state index contributed by atoms with van der Waals surface area (Å²) < 4.78 is 61.2. The minimum Gasteiger partial charge on any atom is -0.405 e. The number of aromatic nitrogens is 3. The van der Waals surface area contributed by atoms with Crippen LogP contribution in [0.2, 0.25) is 5.04 Å². The number of nitrogens with zero attached hydrogens (tertiary/aromatic N) is 5. The molecule has 1 aliphatic heterocycles. The smallest absolute Gasteiger partial charge is 0.405 e. The minimum absolute atomic E-state index is 0.140. The van der Waals surface area contributed by atoms with Crippen LogP contribution in [0.25, 0.3) is 11.0 Å². The molecule has 1 saturated heterocycles. The minimum atomic E-state index is -4.90. The molecule has 54 heavy (non-hydrogen) atoms. The van der Waals surface area contributed by atoms with Gasteiger partial charge in [0, 0.05) is 39.6 Å². The fourth-order valence-corrected chi connectivity index (χ4v) is 12.6. The van der Waals surface area contributed by atoms with Gasteiger partial charge in [0.05, 0.1) is 30.0 Å². The van der Waals surface area contributed by atoms with Gasteiger partial charge in [-0.2, -0.15) is 13.2 Å². The standard InChI is InChI=1S/C39H46F3N5O4S2Si/c1-27(53-52-7)50-31-22-34(51-32(31)24-49-54(38(2,3)4,29-17-10-8-11-18-29)30-19-12-9-13-20-30)47-23-28(16-14-15-21-33(48)39(40,41)42)35-36(45-26-46(5)6)43-25-44-37(35)47/h8-13,17-20,23,25-27,31-32,34H,15,21-22,24H2,1-7H3/t27-,31?,32+,34+/m0/s1. The van der Waals surface area contributed by atoms with E-state index in [1.165, 1.54) is 6.33 Å². The van der Waals surface area contributed by atoms with Crippen molar-refractivity contribution in [2.45, 2.75) is 82.0 Å². The Kier molecular flexibility index (Phi) is 13.7. The van der Waals surface area contributed by atoms with Crippen molar-refractivity contribution < 1.29 is 31.9 Å². The number of aliphatic imine (C=N–C) groups is 1. The average molecular weight is 798 g/mol. The average Bonchev–Trinajstić information content (AvgIpc) is 3.70. The number of ether oxygens (including phenoxy) is 2. The Morgan fingerprint density at radius 2 is 1.76 bits per heavy atom. The van der Waals surface area contributed by atoms with Gasteiger partial charge in [0.1, 0.15) is 29.7 Å². The first-order valence-corrected chi connectivity index (χ1v) is 22.1. The normalized spacial score (nSPS) is 18.5. The largest absolute Gasteiger partial charge is 0.450 e. The van der Waals surface area contributed by atoms with Crippen LogP contribution in [0.15, 0.2) is 78.2 Å². The Morgan fingerprint density at radius 3 is 2.33 bits per heavy atom. The zero-order chi connectivity index (χ0) is 39.1. The lowest BCUT2D eigenvalue weighted by atomic mass is 10.2. The van der Waals surface area contributed by atoms with Gasteiger partial charge in [0.15, 0.2) is 5.82 Å². The summed E-state index contributed by atoms with van der Waals surface area (Å²) in [4.78, 5) is 26.8. The Morgan fingerprint density at radius 1 is 1.11 bits per heavy atom. The molecule has 0 radical (unpaired) electrons. The zero-order valence-electron chi connectivity index (χ0n) is 31.5. The molecule has 1 unspecified atom stereocenters. The maximum atomic E-state index is 12.9. The summed E-state index contributed by atoms with van der Waals surface area (Å²) in [5.41, 5.74) is 0.810. The van der Waals surface area contributed by atoms with Gasteiger partial charge in [0.2, 0.25) is 5.78 Å². The van der Waals surface area contributed by atoms with Gasteiger partial charge in [-0.25, -0.2) is 15.0 Å². The highest BCUT2D eigenvalue weighted by Gasteiger charge is 2.51. The van der Waals surface area contributed by atoms with E-state index in [0.717, 1.165) is 10.4 Å². The van der Waals surface area contributed by atoms with E-state index in [4.69, 9.17) is 13.9 Å². The van der Waals surface area contributed by atoms with Crippen molar-refractivity contribution in [3.05, 3.63) is 78.8 Å². The van der Waals surface area contributed by atoms with Crippen LogP contribution in [0.1, 0.15) is 58.7 Å². The van der Waals surface area contributed by atoms with Crippen molar-refractivity contribution in [3.63, 3.8) is 0 Å². The molecule has 9 nitrogen and oxygen atoms in total. The van der Waals surface area contributed by atoms with Gasteiger partial charge in [-0.05, 0) is 28.6 Å². The number of fused-ring (bicyclic) bond motifs is 1. The number of alkyl halides is 3. The van der Waals surface area contributed by atoms with E-state index in [9.17, 15) is 18.0 Å². The molecule has 0 saturated carbocycles. The SMILES string of the molecule is CSS[C@@H](C)OC1C[C@H](n2cc(C#CCCC(=O)C(F)(F)F)c3c(N=CN(C)C)ncnc32)O[C@@H]1CO[Si](c1ccccc1)(c1ccccc1)C(C)(C)C. The summed E-state index contributed by atoms with van der Waals surface area (Å²) in [6.07, 6.45) is -0.0381. The Balaban J connectivity index is 1.54. The first-order valence-electron chi connectivity index (χ1n) is 17.6. The number of hydrogen-bond acceptors (Lipinski definition) is 9. The van der Waals surface area contributed by atoms with Crippen molar-refractivity contribution >= 4 is 69.3 Å². The van der Waals surface area contributed by atoms with E-state index in [2.05, 4.69) is 96.1 Å². The molecule has 288 valence electrons. The van der Waals surface area contributed by atoms with Gasteiger partial charge < -0.3 is 23.4 Å². The van der Waals surface area contributed by atoms with Crippen molar-refractivity contribution in [2.24, 2.45) is 4.99 Å². The molecule has 0 N–H and O–H groups in total. The molecule has 0 spiro atoms. The third-order valence-corrected chi connectivity index (χ3v) is 16.0. The van der Waals surface area contributed by atoms with Crippen molar-refractivity contribution in [2.75, 3.05) is 27.0 Å². The lowest BCUT2D eigenvalue weighted by molar-refractivity contribution is -0.170. The molecule has 2 aromatic heterocycles. The number of carbonyl (C=O) groups excluding carboxylic acids is 1. The second-order valence-electron chi connectivity index (χ2n) is 14.1. The van der Waals surface area contributed by atoms with Crippen LogP contribution in [0.3, 0.4) is 0 Å². The van der Waals surface area contributed by atoms with Gasteiger partial charge in [-0.1, -0.05) is 115 Å². The topological polar surface area (TPSA) is 91.1 Å². The quantitative estimate of drug-likeness (QED) is 0.0321. The van der Waals surface area contributed by atoms with E-state index < -0.39 is 39.0 Å². The summed E-state index contributed by atoms with van der Waals surface area (Å²) >= 11 is 0. The van der Waals surface area contributed by atoms with E-state index in [-0.39, 0.29) is 29.6 Å². The molecule has 1 fully saturated rings. The number of carbonyl (C=O) groups is 1. The van der Waals surface area contributed by atoms with Crippen molar-refractivity contribution in [3.8, 4) is 11.8 Å². The number of benzene rings is 2. The third kappa shape index (κ3) is 9.58. The van der Waals surface area contributed by atoms with Crippen LogP contribution in [0, 0.1) is 11.8 Å². The summed E-state index contributed by atoms with van der Waals surface area (Å²) in [5.74, 6) is 4.23. The van der Waals surface area contributed by atoms with E-state index in [1.54, 1.807) is 39.0 Å². The summed E-state index contributed by atoms with van der Waals surface area (Å²) in [6.45, 7) is 8.96. The third-order valence-electron chi connectivity index (χ3n) is 8.99. The highest BCUT2D eigenvalue weighted by Crippen LogP contribution is 2.41. The Bertz CT molecular complexity index is 1920. The van der Waals surface area contributed by atoms with Crippen molar-refractivity contribution in [1.29, 1.82) is 0 Å². The van der Waals surface area contributed by atoms with Gasteiger partial charge in [-0.15, -0.1) is 0 Å². The predicted molar refractivity (Wildman–Crippen MR) is 214 cm³/mol. The van der Waals surface area contributed by atoms with Crippen LogP contribution in [0.4, 0.5) is 19.0 Å². The summed E-state index contributed by atoms with van der Waals surface area (Å²) in [5, 5.41) is 2.58. The summed E-state index contributed by atoms with van der Waals surface area (Å²) in [7, 11) is 3.97. The van der Waals surface area contributed by atoms with Crippen LogP contribution >= 0.6 is 21.6 Å². The van der Waals surface area contributed by atoms with E-state index in [0.29, 0.717) is 28.8 Å². The second-order valence-corrected chi connectivity index (χ2v) is 21.2. The van der Waals surface area contributed by atoms with Crippen LogP contribution < -0.4 is 10.4 Å². The second kappa shape index (κ2) is 17.9. The first-order chi connectivity index (χ1) is 25.7. The molecule has 3 heterocycles. The number of rotatable bonds is 14. The molecule has 0 bridgehead atoms. The molecule has 5 rings (SSSR count). The number of ketones is 1. The molecule has 0 aliphatic carbocycles. The highest BCUT2D eigenvalue weighted by molar-refractivity contribution is 8.76. The highest BCUT2D eigenvalue weighted by atomic mass is 33.1.